The molecule has 3 aromatic carbocycles. The van der Waals surface area contributed by atoms with Gasteiger partial charge in [-0.15, -0.1) is 5.10 Å². The number of hydrogen-bond donors (Lipinski definition) is 1. The van der Waals surface area contributed by atoms with E-state index in [1.165, 1.54) is 17.3 Å². The number of hydrogen-bond acceptors (Lipinski definition) is 8. The molecular formula is C32H33ClN4O4S. The molecule has 2 heterocycles. The van der Waals surface area contributed by atoms with Crippen LogP contribution in [-0.4, -0.2) is 33.9 Å². The lowest BCUT2D eigenvalue weighted by Crippen LogP contribution is -2.29. The number of carbonyl (C=O) groups is 1. The van der Waals surface area contributed by atoms with Gasteiger partial charge < -0.3 is 19.5 Å². The molecule has 1 unspecified atom stereocenters. The van der Waals surface area contributed by atoms with Gasteiger partial charge in [0.05, 0.1) is 18.8 Å². The summed E-state index contributed by atoms with van der Waals surface area (Å²) in [4.78, 5) is 18.0. The van der Waals surface area contributed by atoms with Crippen LogP contribution in [0.15, 0.2) is 83.2 Å². The zero-order valence-electron chi connectivity index (χ0n) is 24.0. The standard InChI is InChI=1S/C32H33ClN4O4S/c1-5-39-27-17-23(14-15-26(27)41-18-22-11-9-10-20(3)16-22)29-28(30(38)40-6-2)21(4)34-31-35-32(36-37(29)31)42-19-24-12-7-8-13-25(24)33/h7-17,29H,5-6,18-19H2,1-4H3,(H,34,35,36). The van der Waals surface area contributed by atoms with E-state index in [0.29, 0.717) is 57.9 Å². The van der Waals surface area contributed by atoms with Crippen LogP contribution in [0.25, 0.3) is 0 Å². The fourth-order valence-electron chi connectivity index (χ4n) is 4.78. The van der Waals surface area contributed by atoms with Gasteiger partial charge >= 0.3 is 5.97 Å². The third-order valence-electron chi connectivity index (χ3n) is 6.70. The molecule has 0 amide bonds. The van der Waals surface area contributed by atoms with Gasteiger partial charge in [-0.2, -0.15) is 4.98 Å². The first kappa shape index (κ1) is 29.5. The summed E-state index contributed by atoms with van der Waals surface area (Å²) in [6.45, 7) is 8.72. The molecule has 0 bridgehead atoms. The number of esters is 1. The number of thioether (sulfide) groups is 1. The number of halogens is 1. The SMILES string of the molecule is CCOC(=O)C1=C(C)Nc2nc(SCc3ccccc3Cl)nn2C1c1ccc(OCc2cccc(C)c2)c(OCC)c1. The fourth-order valence-corrected chi connectivity index (χ4v) is 5.89. The fraction of sp³-hybridized carbons (Fsp3) is 0.281. The maximum atomic E-state index is 13.3. The van der Waals surface area contributed by atoms with Crippen molar-refractivity contribution in [2.45, 2.75) is 51.3 Å². The number of carbonyl (C=O) groups excluding carboxylic acids is 1. The Morgan fingerprint density at radius 1 is 1.00 bits per heavy atom. The lowest BCUT2D eigenvalue weighted by Gasteiger charge is -2.28. The molecule has 218 valence electrons. The first-order valence-corrected chi connectivity index (χ1v) is 15.2. The largest absolute Gasteiger partial charge is 0.490 e. The summed E-state index contributed by atoms with van der Waals surface area (Å²) in [7, 11) is 0. The Bertz CT molecular complexity index is 1620. The summed E-state index contributed by atoms with van der Waals surface area (Å²) >= 11 is 7.83. The maximum absolute atomic E-state index is 13.3. The minimum atomic E-state index is -0.590. The summed E-state index contributed by atoms with van der Waals surface area (Å²) in [5.41, 5.74) is 5.12. The number of anilines is 1. The van der Waals surface area contributed by atoms with Crippen LogP contribution >= 0.6 is 23.4 Å². The summed E-state index contributed by atoms with van der Waals surface area (Å²) in [5, 5.41) is 9.31. The molecule has 8 nitrogen and oxygen atoms in total. The quantitative estimate of drug-likeness (QED) is 0.140. The van der Waals surface area contributed by atoms with Crippen molar-refractivity contribution in [3.63, 3.8) is 0 Å². The van der Waals surface area contributed by atoms with E-state index in [4.69, 9.17) is 35.9 Å². The van der Waals surface area contributed by atoms with Gasteiger partial charge in [0.25, 0.3) is 0 Å². The van der Waals surface area contributed by atoms with Crippen molar-refractivity contribution in [3.05, 3.63) is 105 Å². The van der Waals surface area contributed by atoms with Crippen LogP contribution in [0.1, 0.15) is 49.1 Å². The molecular weight excluding hydrogens is 572 g/mol. The molecule has 0 saturated heterocycles. The summed E-state index contributed by atoms with van der Waals surface area (Å²) < 4.78 is 19.4. The molecule has 0 fully saturated rings. The van der Waals surface area contributed by atoms with Crippen LogP contribution < -0.4 is 14.8 Å². The van der Waals surface area contributed by atoms with Gasteiger partial charge in [0.1, 0.15) is 12.6 Å². The predicted molar refractivity (Wildman–Crippen MR) is 165 cm³/mol. The minimum Gasteiger partial charge on any atom is -0.490 e. The van der Waals surface area contributed by atoms with E-state index < -0.39 is 12.0 Å². The molecule has 0 aliphatic carbocycles. The van der Waals surface area contributed by atoms with E-state index in [-0.39, 0.29) is 6.61 Å². The molecule has 4 aromatic rings. The van der Waals surface area contributed by atoms with Crippen molar-refractivity contribution < 1.29 is 19.0 Å². The lowest BCUT2D eigenvalue weighted by atomic mass is 9.95. The Kier molecular flexibility index (Phi) is 9.39. The third kappa shape index (κ3) is 6.58. The van der Waals surface area contributed by atoms with E-state index >= 15 is 0 Å². The van der Waals surface area contributed by atoms with Crippen molar-refractivity contribution in [3.8, 4) is 11.5 Å². The molecule has 1 aromatic heterocycles. The maximum Gasteiger partial charge on any atom is 0.338 e. The van der Waals surface area contributed by atoms with Crippen molar-refractivity contribution in [2.24, 2.45) is 0 Å². The monoisotopic (exact) mass is 604 g/mol. The number of rotatable bonds is 11. The average molecular weight is 605 g/mol. The topological polar surface area (TPSA) is 87.5 Å². The molecule has 0 spiro atoms. The predicted octanol–water partition coefficient (Wildman–Crippen LogP) is 7.36. The van der Waals surface area contributed by atoms with Crippen LogP contribution in [-0.2, 0) is 21.9 Å². The molecule has 0 radical (unpaired) electrons. The van der Waals surface area contributed by atoms with Gasteiger partial charge in [-0.05, 0) is 62.6 Å². The highest BCUT2D eigenvalue weighted by Gasteiger charge is 2.35. The van der Waals surface area contributed by atoms with Gasteiger partial charge in [0, 0.05) is 16.5 Å². The number of allylic oxidation sites excluding steroid dienone is 1. The molecule has 10 heteroatoms. The van der Waals surface area contributed by atoms with Gasteiger partial charge in [0.2, 0.25) is 11.1 Å². The summed E-state index contributed by atoms with van der Waals surface area (Å²) in [6.07, 6.45) is 0. The molecule has 5 rings (SSSR count). The second-order valence-electron chi connectivity index (χ2n) is 9.75. The van der Waals surface area contributed by atoms with Crippen molar-refractivity contribution >= 4 is 35.3 Å². The van der Waals surface area contributed by atoms with Crippen LogP contribution in [0.4, 0.5) is 5.95 Å². The number of aromatic nitrogens is 3. The smallest absolute Gasteiger partial charge is 0.338 e. The first-order chi connectivity index (χ1) is 20.4. The van der Waals surface area contributed by atoms with Crippen molar-refractivity contribution in [1.82, 2.24) is 14.8 Å². The van der Waals surface area contributed by atoms with Crippen LogP contribution in [0.2, 0.25) is 5.02 Å². The zero-order valence-corrected chi connectivity index (χ0v) is 25.6. The number of nitrogens with one attached hydrogen (secondary N) is 1. The van der Waals surface area contributed by atoms with Crippen molar-refractivity contribution in [2.75, 3.05) is 18.5 Å². The molecule has 1 aliphatic rings. The molecule has 1 aliphatic heterocycles. The highest BCUT2D eigenvalue weighted by atomic mass is 35.5. The Balaban J connectivity index is 1.49. The Labute approximate surface area is 255 Å². The summed E-state index contributed by atoms with van der Waals surface area (Å²) in [6, 6.07) is 21.0. The molecule has 42 heavy (non-hydrogen) atoms. The Morgan fingerprint density at radius 3 is 2.60 bits per heavy atom. The molecule has 1 atom stereocenters. The third-order valence-corrected chi connectivity index (χ3v) is 7.96. The zero-order chi connectivity index (χ0) is 29.6. The highest BCUT2D eigenvalue weighted by Crippen LogP contribution is 2.40. The first-order valence-electron chi connectivity index (χ1n) is 13.8. The Morgan fingerprint density at radius 2 is 1.83 bits per heavy atom. The van der Waals surface area contributed by atoms with E-state index in [1.807, 2.05) is 68.4 Å². The van der Waals surface area contributed by atoms with E-state index in [1.54, 1.807) is 11.6 Å². The van der Waals surface area contributed by atoms with Gasteiger partial charge in [-0.25, -0.2) is 9.48 Å². The number of ether oxygens (including phenoxy) is 3. The van der Waals surface area contributed by atoms with Crippen LogP contribution in [0, 0.1) is 6.92 Å². The number of aryl methyl sites for hydroxylation is 1. The molecule has 1 N–H and O–H groups in total. The van der Waals surface area contributed by atoms with Gasteiger partial charge in [-0.1, -0.05) is 77.5 Å². The normalized spacial score (nSPS) is 14.3. The summed E-state index contributed by atoms with van der Waals surface area (Å²) in [5.74, 6) is 1.91. The second-order valence-corrected chi connectivity index (χ2v) is 11.1. The van der Waals surface area contributed by atoms with Crippen LogP contribution in [0.3, 0.4) is 0 Å². The van der Waals surface area contributed by atoms with E-state index in [9.17, 15) is 4.79 Å². The van der Waals surface area contributed by atoms with E-state index in [0.717, 1.165) is 16.7 Å². The average Bonchev–Trinajstić information content (AvgIpc) is 3.38. The van der Waals surface area contributed by atoms with E-state index in [2.05, 4.69) is 24.4 Å². The van der Waals surface area contributed by atoms with Gasteiger partial charge in [0.15, 0.2) is 11.5 Å². The second kappa shape index (κ2) is 13.4. The lowest BCUT2D eigenvalue weighted by molar-refractivity contribution is -0.139. The molecule has 0 saturated carbocycles. The number of fused-ring (bicyclic) bond motifs is 1. The van der Waals surface area contributed by atoms with Crippen LogP contribution in [0.5, 0.6) is 11.5 Å². The Hall–Kier alpha value is -3.95. The number of benzene rings is 3. The highest BCUT2D eigenvalue weighted by molar-refractivity contribution is 7.98. The number of nitrogens with zero attached hydrogens (tertiary/aromatic N) is 3. The minimum absolute atomic E-state index is 0.251. The van der Waals surface area contributed by atoms with Gasteiger partial charge in [-0.3, -0.25) is 0 Å². The van der Waals surface area contributed by atoms with Crippen molar-refractivity contribution in [1.29, 1.82) is 0 Å².